The maximum Gasteiger partial charge on any atom is 0.132 e. The van der Waals surface area contributed by atoms with E-state index in [4.69, 9.17) is 4.98 Å². The maximum atomic E-state index is 4.87. The quantitative estimate of drug-likeness (QED) is 0.855. The molecule has 5 heterocycles. The van der Waals surface area contributed by atoms with Crippen molar-refractivity contribution in [2.75, 3.05) is 31.1 Å². The highest BCUT2D eigenvalue weighted by Crippen LogP contribution is 2.34. The number of likely N-dealkylation sites (tertiary alicyclic amines) is 1. The normalized spacial score (nSPS) is 26.0. The zero-order chi connectivity index (χ0) is 16.8. The van der Waals surface area contributed by atoms with E-state index >= 15 is 0 Å². The van der Waals surface area contributed by atoms with E-state index in [0.717, 1.165) is 55.9 Å². The number of anilines is 1. The van der Waals surface area contributed by atoms with Crippen LogP contribution in [0.25, 0.3) is 0 Å². The van der Waals surface area contributed by atoms with Crippen molar-refractivity contribution in [3.63, 3.8) is 0 Å². The molecule has 2 atom stereocenters. The molecule has 2 saturated heterocycles. The second-order valence-corrected chi connectivity index (χ2v) is 7.94. The monoisotopic (exact) mass is 338 g/mol. The van der Waals surface area contributed by atoms with Gasteiger partial charge in [0.2, 0.25) is 0 Å². The first-order valence-electron chi connectivity index (χ1n) is 9.55. The molecule has 3 aliphatic rings. The first kappa shape index (κ1) is 15.3. The molecule has 2 aromatic rings. The van der Waals surface area contributed by atoms with Crippen LogP contribution < -0.4 is 4.90 Å². The summed E-state index contributed by atoms with van der Waals surface area (Å²) in [5, 5.41) is 0. The molecule has 0 amide bonds. The number of aromatic nitrogens is 4. The lowest BCUT2D eigenvalue weighted by Gasteiger charge is -2.21. The number of fused-ring (bicyclic) bond motifs is 2. The lowest BCUT2D eigenvalue weighted by molar-refractivity contribution is 0.305. The number of rotatable bonds is 3. The summed E-state index contributed by atoms with van der Waals surface area (Å²) in [5.41, 5.74) is 2.31. The van der Waals surface area contributed by atoms with Gasteiger partial charge in [0.15, 0.2) is 0 Å². The minimum atomic E-state index is 0.757. The van der Waals surface area contributed by atoms with E-state index in [2.05, 4.69) is 36.6 Å². The Morgan fingerprint density at radius 1 is 1.08 bits per heavy atom. The van der Waals surface area contributed by atoms with E-state index in [1.54, 1.807) is 6.33 Å². The molecule has 3 aliphatic heterocycles. The fourth-order valence-corrected chi connectivity index (χ4v) is 4.80. The van der Waals surface area contributed by atoms with Crippen molar-refractivity contribution in [2.45, 2.75) is 39.3 Å². The Labute approximate surface area is 148 Å². The van der Waals surface area contributed by atoms with Gasteiger partial charge in [-0.25, -0.2) is 15.0 Å². The van der Waals surface area contributed by atoms with Crippen molar-refractivity contribution in [3.05, 3.63) is 35.8 Å². The van der Waals surface area contributed by atoms with Crippen LogP contribution in [0.15, 0.2) is 18.6 Å². The average molecular weight is 338 g/mol. The topological polar surface area (TPSA) is 50.1 Å². The van der Waals surface area contributed by atoms with Crippen LogP contribution in [0.3, 0.4) is 0 Å². The summed E-state index contributed by atoms with van der Waals surface area (Å²) in [7, 11) is 0. The van der Waals surface area contributed by atoms with Crippen LogP contribution in [0.4, 0.5) is 5.82 Å². The van der Waals surface area contributed by atoms with E-state index in [0.29, 0.717) is 0 Å². The summed E-state index contributed by atoms with van der Waals surface area (Å²) >= 11 is 0. The van der Waals surface area contributed by atoms with Crippen molar-refractivity contribution < 1.29 is 0 Å². The zero-order valence-corrected chi connectivity index (χ0v) is 14.9. The summed E-state index contributed by atoms with van der Waals surface area (Å²) in [6, 6.07) is 2.11. The van der Waals surface area contributed by atoms with Gasteiger partial charge in [0.1, 0.15) is 18.0 Å². The third kappa shape index (κ3) is 2.92. The van der Waals surface area contributed by atoms with Gasteiger partial charge in [-0.05, 0) is 31.6 Å². The molecule has 6 heteroatoms. The standard InChI is InChI=1S/C19H26N6/c1-14-6-19(21-13-20-14)25-9-15-7-23(8-16(15)10-25)11-17-12-24-5-3-2-4-18(24)22-17/h6,12-13,15-16H,2-5,7-11H2,1H3. The van der Waals surface area contributed by atoms with Crippen LogP contribution >= 0.6 is 0 Å². The fourth-order valence-electron chi connectivity index (χ4n) is 4.80. The van der Waals surface area contributed by atoms with Gasteiger partial charge in [0.05, 0.1) is 5.69 Å². The average Bonchev–Trinajstić information content (AvgIpc) is 3.27. The van der Waals surface area contributed by atoms with Crippen LogP contribution in [-0.2, 0) is 19.5 Å². The molecular formula is C19H26N6. The van der Waals surface area contributed by atoms with Crippen LogP contribution in [0, 0.1) is 18.8 Å². The Bertz CT molecular complexity index is 732. The first-order chi connectivity index (χ1) is 12.2. The van der Waals surface area contributed by atoms with Crippen LogP contribution in [0.1, 0.15) is 30.1 Å². The smallest absolute Gasteiger partial charge is 0.132 e. The molecule has 2 fully saturated rings. The highest BCUT2D eigenvalue weighted by molar-refractivity contribution is 5.40. The zero-order valence-electron chi connectivity index (χ0n) is 14.9. The molecule has 0 aromatic carbocycles. The van der Waals surface area contributed by atoms with Crippen LogP contribution in [-0.4, -0.2) is 50.6 Å². The van der Waals surface area contributed by atoms with Gasteiger partial charge in [0.25, 0.3) is 0 Å². The minimum absolute atomic E-state index is 0.757. The molecule has 6 nitrogen and oxygen atoms in total. The highest BCUT2D eigenvalue weighted by Gasteiger charge is 2.40. The fraction of sp³-hybridized carbons (Fsp3) is 0.632. The van der Waals surface area contributed by atoms with E-state index in [-0.39, 0.29) is 0 Å². The summed E-state index contributed by atoms with van der Waals surface area (Å²) in [6.07, 6.45) is 7.72. The Hall–Kier alpha value is -1.95. The van der Waals surface area contributed by atoms with Gasteiger partial charge in [-0.3, -0.25) is 4.90 Å². The number of hydrogen-bond donors (Lipinski definition) is 0. The summed E-state index contributed by atoms with van der Waals surface area (Å²) in [4.78, 5) is 18.6. The van der Waals surface area contributed by atoms with Crippen molar-refractivity contribution in [1.82, 2.24) is 24.4 Å². The van der Waals surface area contributed by atoms with Crippen molar-refractivity contribution >= 4 is 5.82 Å². The maximum absolute atomic E-state index is 4.87. The van der Waals surface area contributed by atoms with Gasteiger partial charge in [-0.1, -0.05) is 0 Å². The number of aryl methyl sites for hydroxylation is 3. The summed E-state index contributed by atoms with van der Waals surface area (Å²) in [6.45, 7) is 8.82. The first-order valence-corrected chi connectivity index (χ1v) is 9.55. The number of hydrogen-bond acceptors (Lipinski definition) is 5. The molecular weight excluding hydrogens is 312 g/mol. The predicted octanol–water partition coefficient (Wildman–Crippen LogP) is 1.89. The second-order valence-electron chi connectivity index (χ2n) is 7.94. The van der Waals surface area contributed by atoms with Gasteiger partial charge >= 0.3 is 0 Å². The largest absolute Gasteiger partial charge is 0.356 e. The van der Waals surface area contributed by atoms with Crippen LogP contribution in [0.2, 0.25) is 0 Å². The second kappa shape index (κ2) is 6.09. The van der Waals surface area contributed by atoms with E-state index in [9.17, 15) is 0 Å². The molecule has 25 heavy (non-hydrogen) atoms. The number of imidazole rings is 1. The van der Waals surface area contributed by atoms with E-state index < -0.39 is 0 Å². The third-order valence-electron chi connectivity index (χ3n) is 6.02. The molecule has 2 aromatic heterocycles. The minimum Gasteiger partial charge on any atom is -0.356 e. The van der Waals surface area contributed by atoms with Gasteiger partial charge in [-0.2, -0.15) is 0 Å². The van der Waals surface area contributed by atoms with Gasteiger partial charge < -0.3 is 9.47 Å². The summed E-state index contributed by atoms with van der Waals surface area (Å²) < 4.78 is 2.37. The lowest BCUT2D eigenvalue weighted by Crippen LogP contribution is -2.29. The van der Waals surface area contributed by atoms with Crippen molar-refractivity contribution in [3.8, 4) is 0 Å². The van der Waals surface area contributed by atoms with E-state index in [1.807, 2.05) is 6.92 Å². The van der Waals surface area contributed by atoms with Gasteiger partial charge in [0, 0.05) is 63.6 Å². The van der Waals surface area contributed by atoms with E-state index in [1.165, 1.54) is 37.4 Å². The van der Waals surface area contributed by atoms with Crippen molar-refractivity contribution in [1.29, 1.82) is 0 Å². The molecule has 5 rings (SSSR count). The molecule has 0 bridgehead atoms. The molecule has 0 aliphatic carbocycles. The Balaban J connectivity index is 1.21. The molecule has 0 N–H and O–H groups in total. The molecule has 0 spiro atoms. The lowest BCUT2D eigenvalue weighted by atomic mass is 10.0. The Morgan fingerprint density at radius 2 is 1.92 bits per heavy atom. The molecule has 132 valence electrons. The Morgan fingerprint density at radius 3 is 2.68 bits per heavy atom. The van der Waals surface area contributed by atoms with Crippen molar-refractivity contribution in [2.24, 2.45) is 11.8 Å². The third-order valence-corrected chi connectivity index (χ3v) is 6.02. The molecule has 0 radical (unpaired) electrons. The highest BCUT2D eigenvalue weighted by atomic mass is 15.3. The van der Waals surface area contributed by atoms with Gasteiger partial charge in [-0.15, -0.1) is 0 Å². The molecule has 2 unspecified atom stereocenters. The van der Waals surface area contributed by atoms with Crippen LogP contribution in [0.5, 0.6) is 0 Å². The predicted molar refractivity (Wildman–Crippen MR) is 96.4 cm³/mol. The molecule has 0 saturated carbocycles. The SMILES string of the molecule is Cc1cc(N2CC3CN(Cc4cn5c(n4)CCCC5)CC3C2)ncn1. The summed E-state index contributed by atoms with van der Waals surface area (Å²) in [5.74, 6) is 3.90. The number of nitrogens with zero attached hydrogens (tertiary/aromatic N) is 6. The Kier molecular flexibility index (Phi) is 3.73.